The van der Waals surface area contributed by atoms with Gasteiger partial charge in [-0.1, -0.05) is 188 Å². The number of rotatable bonds is 8. The van der Waals surface area contributed by atoms with E-state index in [9.17, 15) is 0 Å². The van der Waals surface area contributed by atoms with Gasteiger partial charge in [0.1, 0.15) is 0 Å². The lowest BCUT2D eigenvalue weighted by molar-refractivity contribution is 2.19. The van der Waals surface area contributed by atoms with Gasteiger partial charge >= 0.3 is 0 Å². The Kier molecular flexibility index (Phi) is 27.3. The van der Waals surface area contributed by atoms with Gasteiger partial charge in [-0.25, -0.2) is 0 Å². The molecule has 9 heterocycles. The SMILES string of the molecule is CSC1=C2SCSC3=C(SC)S/C(=C4\SC(SC)=C(SCSC5=C(SC)S/C(=C6/SC(SC)=C(SCSC7=C(SC)S/C(=C8\SC(SC)=C(SCSC9=C(SC)S/C(=C(\S1)S2)S9)S8)S7)S6)S5)S4)S3. The Morgan fingerprint density at radius 1 is 0.176 bits per heavy atom. The molecular formula is C36H32S32. The predicted molar refractivity (Wildman–Crippen MR) is 394 cm³/mol. The summed E-state index contributed by atoms with van der Waals surface area (Å²) >= 11 is 63.6. The summed E-state index contributed by atoms with van der Waals surface area (Å²) in [6.45, 7) is 0. The van der Waals surface area contributed by atoms with E-state index in [2.05, 4.69) is 50.0 Å². The third-order valence-corrected chi connectivity index (χ3v) is 53.6. The first-order valence-electron chi connectivity index (χ1n) is 18.4. The van der Waals surface area contributed by atoms with E-state index in [1.807, 2.05) is 376 Å². The number of fused-ring (bicyclic) bond motifs is 16. The Morgan fingerprint density at radius 3 is 0.397 bits per heavy atom. The smallest absolute Gasteiger partial charge is 0.0717 e. The lowest BCUT2D eigenvalue weighted by Crippen LogP contribution is -1.75. The molecule has 0 amide bonds. The number of hydrogen-bond acceptors (Lipinski definition) is 32. The van der Waals surface area contributed by atoms with Gasteiger partial charge < -0.3 is 0 Å². The fraction of sp³-hybridized carbons (Fsp3) is 0.333. The first-order valence-corrected chi connectivity index (χ1v) is 49.1. The molecule has 0 N–H and O–H groups in total. The van der Waals surface area contributed by atoms with Crippen LogP contribution in [0, 0.1) is 0 Å². The summed E-state index contributed by atoms with van der Waals surface area (Å²) in [5.41, 5.74) is 0. The molecule has 0 aromatic heterocycles. The van der Waals surface area contributed by atoms with Crippen molar-refractivity contribution in [2.24, 2.45) is 0 Å². The minimum absolute atomic E-state index is 1.02. The maximum absolute atomic E-state index is 2.25. The highest BCUT2D eigenvalue weighted by molar-refractivity contribution is 8.51. The van der Waals surface area contributed by atoms with Crippen molar-refractivity contribution in [1.82, 2.24) is 0 Å². The minimum atomic E-state index is 1.02. The van der Waals surface area contributed by atoms with Gasteiger partial charge in [0.15, 0.2) is 0 Å². The molecular weight excluding hydrogens is 1460 g/mol. The van der Waals surface area contributed by atoms with Crippen LogP contribution in [0.2, 0.25) is 0 Å². The molecule has 68 heavy (non-hydrogen) atoms. The third-order valence-electron chi connectivity index (χ3n) is 7.97. The summed E-state index contributed by atoms with van der Waals surface area (Å²) < 4.78 is 35.0. The lowest BCUT2D eigenvalue weighted by Gasteiger charge is -2.06. The van der Waals surface area contributed by atoms with Gasteiger partial charge in [0.05, 0.1) is 102 Å². The van der Waals surface area contributed by atoms with Gasteiger partial charge in [-0.05, 0) is 50.0 Å². The van der Waals surface area contributed by atoms with Crippen molar-refractivity contribution in [2.45, 2.75) is 0 Å². The molecule has 0 aliphatic carbocycles. The van der Waals surface area contributed by atoms with Gasteiger partial charge in [-0.15, -0.1) is 188 Å². The summed E-state index contributed by atoms with van der Waals surface area (Å²) in [6.07, 6.45) is 18.0. The summed E-state index contributed by atoms with van der Waals surface area (Å²) in [4.78, 5) is 0. The number of hydrogen-bond donors (Lipinski definition) is 0. The van der Waals surface area contributed by atoms with E-state index in [0.717, 1.165) is 20.3 Å². The van der Waals surface area contributed by atoms with Crippen LogP contribution in [0.4, 0.5) is 0 Å². The lowest BCUT2D eigenvalue weighted by atomic mass is 11.2. The Bertz CT molecular complexity index is 1960. The van der Waals surface area contributed by atoms with Crippen LogP contribution >= 0.6 is 376 Å². The van der Waals surface area contributed by atoms with Crippen LogP contribution in [0.5, 0.6) is 0 Å². The molecule has 9 rings (SSSR count). The Hall–Kier alpha value is 8.08. The van der Waals surface area contributed by atoms with Gasteiger partial charge in [0, 0.05) is 20.3 Å². The molecule has 32 heteroatoms. The fourth-order valence-electron chi connectivity index (χ4n) is 5.10. The van der Waals surface area contributed by atoms with Gasteiger partial charge in [-0.2, -0.15) is 0 Å². The maximum Gasteiger partial charge on any atom is 0.0717 e. The van der Waals surface area contributed by atoms with E-state index in [1.54, 1.807) is 0 Å². The first-order chi connectivity index (χ1) is 33.3. The van der Waals surface area contributed by atoms with Crippen LogP contribution < -0.4 is 0 Å². The van der Waals surface area contributed by atoms with E-state index < -0.39 is 0 Å². The highest BCUT2D eigenvalue weighted by atomic mass is 32.3. The van der Waals surface area contributed by atoms with Gasteiger partial charge in [-0.3, -0.25) is 0 Å². The van der Waals surface area contributed by atoms with Crippen molar-refractivity contribution in [3.63, 3.8) is 0 Å². The molecule has 16 bridgehead atoms. The van der Waals surface area contributed by atoms with Crippen molar-refractivity contribution in [3.05, 3.63) is 102 Å². The van der Waals surface area contributed by atoms with Gasteiger partial charge in [0.25, 0.3) is 0 Å². The summed E-state index contributed by atoms with van der Waals surface area (Å²) in [6, 6.07) is 0. The standard InChI is InChI=1S/C36H32S32/c1-37-13-21-45-9-46-22-15(39-3)55-31(63-22)32-56-17(41-5)25(64-32)49-11-50-26-19(43-7)59-35(67-26)36-60-20(44-8)28(68-36)52-12-51-27-18(42-6)58-34(66-27)33-57-16(40-4)24(65-33)48-10-47-23-14(38-2)54-30(62-23)29(53-13)61-21/h9-12H2,1-8H3/b30-29-,32-31-,34-33-,36-35+. The summed E-state index contributed by atoms with van der Waals surface area (Å²) in [5, 5.41) is 4.09. The predicted octanol–water partition coefficient (Wildman–Crippen LogP) is 26.0. The molecule has 0 aromatic carbocycles. The molecule has 0 nitrogen and oxygen atoms in total. The second-order valence-electron chi connectivity index (χ2n) is 11.8. The zero-order chi connectivity index (χ0) is 47.3. The zero-order valence-electron chi connectivity index (χ0n) is 35.9. The van der Waals surface area contributed by atoms with E-state index in [0.29, 0.717) is 0 Å². The third kappa shape index (κ3) is 15.4. The molecule has 0 spiro atoms. The highest BCUT2D eigenvalue weighted by Gasteiger charge is 2.36. The van der Waals surface area contributed by atoms with E-state index in [4.69, 9.17) is 0 Å². The molecule has 0 saturated heterocycles. The van der Waals surface area contributed by atoms with Crippen molar-refractivity contribution >= 4 is 376 Å². The van der Waals surface area contributed by atoms with Crippen molar-refractivity contribution in [2.75, 3.05) is 70.4 Å². The summed E-state index contributed by atoms with van der Waals surface area (Å²) in [5.74, 6) is 0. The van der Waals surface area contributed by atoms with Crippen molar-refractivity contribution < 1.29 is 0 Å². The largest absolute Gasteiger partial charge is 0.121 e. The molecule has 0 unspecified atom stereocenters. The van der Waals surface area contributed by atoms with Gasteiger partial charge in [0.2, 0.25) is 0 Å². The monoisotopic (exact) mass is 1490 g/mol. The molecule has 9 aliphatic rings. The molecule has 0 fully saturated rings. The second-order valence-corrected chi connectivity index (χ2v) is 50.2. The topological polar surface area (TPSA) is 0 Å². The van der Waals surface area contributed by atoms with Crippen LogP contribution in [0.25, 0.3) is 0 Å². The molecule has 0 atom stereocenters. The maximum atomic E-state index is 2.25. The van der Waals surface area contributed by atoms with E-state index in [-0.39, 0.29) is 0 Å². The highest BCUT2D eigenvalue weighted by Crippen LogP contribution is 2.72. The van der Waals surface area contributed by atoms with Crippen LogP contribution in [0.3, 0.4) is 0 Å². The second kappa shape index (κ2) is 30.6. The first kappa shape index (κ1) is 60.7. The zero-order valence-corrected chi connectivity index (χ0v) is 62.0. The Balaban J connectivity index is 0.919. The van der Waals surface area contributed by atoms with E-state index in [1.165, 1.54) is 102 Å². The molecule has 0 saturated carbocycles. The number of thioether (sulfide) groups is 32. The molecule has 9 aliphatic heterocycles. The quantitative estimate of drug-likeness (QED) is 0.226. The average Bonchev–Trinajstić information content (AvgIpc) is 4.22. The normalized spacial score (nSPS) is 28.6. The average molecular weight is 1490 g/mol. The van der Waals surface area contributed by atoms with Crippen LogP contribution in [-0.4, -0.2) is 70.4 Å². The summed E-state index contributed by atoms with van der Waals surface area (Å²) in [7, 11) is 0. The van der Waals surface area contributed by atoms with E-state index >= 15 is 0 Å². The van der Waals surface area contributed by atoms with Crippen LogP contribution in [-0.2, 0) is 0 Å². The molecule has 0 radical (unpaired) electrons. The Morgan fingerprint density at radius 2 is 0.294 bits per heavy atom. The van der Waals surface area contributed by atoms with Crippen LogP contribution in [0.15, 0.2) is 102 Å². The van der Waals surface area contributed by atoms with Crippen LogP contribution in [0.1, 0.15) is 0 Å². The molecule has 0 aromatic rings. The molecule has 368 valence electrons. The minimum Gasteiger partial charge on any atom is -0.121 e. The fourth-order valence-corrected chi connectivity index (χ4v) is 51.8. The van der Waals surface area contributed by atoms with Crippen molar-refractivity contribution in [1.29, 1.82) is 0 Å². The van der Waals surface area contributed by atoms with Crippen molar-refractivity contribution in [3.8, 4) is 0 Å². The Labute approximate surface area is 538 Å².